The maximum atomic E-state index is 14.0. The van der Waals surface area contributed by atoms with Gasteiger partial charge in [-0.05, 0) is 50.9 Å². The monoisotopic (exact) mass is 479 g/mol. The summed E-state index contributed by atoms with van der Waals surface area (Å²) in [7, 11) is 0. The van der Waals surface area contributed by atoms with Gasteiger partial charge in [-0.2, -0.15) is 0 Å². The fourth-order valence-electron chi connectivity index (χ4n) is 4.69. The molecule has 3 rings (SSSR count). The van der Waals surface area contributed by atoms with Crippen molar-refractivity contribution in [1.29, 1.82) is 0 Å². The van der Waals surface area contributed by atoms with Crippen molar-refractivity contribution in [2.24, 2.45) is 22.7 Å². The Morgan fingerprint density at radius 3 is 2.31 bits per heavy atom. The van der Waals surface area contributed by atoms with Gasteiger partial charge in [0.1, 0.15) is 24.7 Å². The van der Waals surface area contributed by atoms with Crippen LogP contribution in [0.4, 0.5) is 13.2 Å². The normalized spacial score (nSPS) is 39.7. The minimum Gasteiger partial charge on any atom is -0.353 e. The number of carbonyl (C=O) groups is 1. The van der Waals surface area contributed by atoms with Gasteiger partial charge in [0.25, 0.3) is 0 Å². The molecule has 3 aliphatic rings. The maximum Gasteiger partial charge on any atom is 0.229 e. The molecule has 1 saturated heterocycles. The third-order valence-corrected chi connectivity index (χ3v) is 7.56. The summed E-state index contributed by atoms with van der Waals surface area (Å²) in [5.41, 5.74) is 6.21. The molecule has 8 unspecified atom stereocenters. The number of alkyl halides is 4. The fourth-order valence-corrected chi connectivity index (χ4v) is 4.92. The number of hydrogen-bond acceptors (Lipinski definition) is 4. The SMILES string of the molecule is CC(C)C(C)N/C(=N\C1CC(C2CC(F)CC(F)C2)NN1)NC(=O)C1CCC(Cl)C(F)C1. The fraction of sp³-hybridized carbons (Fsp3) is 0.909. The first-order valence-electron chi connectivity index (χ1n) is 11.8. The number of carbonyl (C=O) groups excluding carboxylic acids is 1. The lowest BCUT2D eigenvalue weighted by Crippen LogP contribution is -2.50. The zero-order chi connectivity index (χ0) is 23.4. The van der Waals surface area contributed by atoms with Crippen LogP contribution in [0.15, 0.2) is 4.99 Å². The highest BCUT2D eigenvalue weighted by Crippen LogP contribution is 2.33. The second-order valence-electron chi connectivity index (χ2n) is 9.99. The first-order valence-corrected chi connectivity index (χ1v) is 12.3. The minimum absolute atomic E-state index is 0.0171. The van der Waals surface area contributed by atoms with Crippen molar-refractivity contribution in [3.63, 3.8) is 0 Å². The smallest absolute Gasteiger partial charge is 0.229 e. The van der Waals surface area contributed by atoms with E-state index in [2.05, 4.69) is 40.3 Å². The van der Waals surface area contributed by atoms with Crippen LogP contribution in [-0.2, 0) is 4.79 Å². The highest BCUT2D eigenvalue weighted by atomic mass is 35.5. The molecule has 0 aromatic heterocycles. The van der Waals surface area contributed by atoms with Crippen molar-refractivity contribution in [2.45, 2.75) is 108 Å². The first kappa shape index (κ1) is 25.6. The highest BCUT2D eigenvalue weighted by Gasteiger charge is 2.38. The van der Waals surface area contributed by atoms with Crippen molar-refractivity contribution < 1.29 is 18.0 Å². The summed E-state index contributed by atoms with van der Waals surface area (Å²) in [6, 6.07) is -0.0454. The maximum absolute atomic E-state index is 14.0. The van der Waals surface area contributed by atoms with E-state index in [0.717, 1.165) is 0 Å². The summed E-state index contributed by atoms with van der Waals surface area (Å²) >= 11 is 5.95. The molecule has 184 valence electrons. The molecule has 6 nitrogen and oxygen atoms in total. The van der Waals surface area contributed by atoms with Gasteiger partial charge in [0.05, 0.1) is 5.38 Å². The van der Waals surface area contributed by atoms with Gasteiger partial charge in [-0.25, -0.2) is 23.6 Å². The summed E-state index contributed by atoms with van der Waals surface area (Å²) in [4.78, 5) is 17.5. The van der Waals surface area contributed by atoms with Crippen LogP contribution in [0.25, 0.3) is 0 Å². The quantitative estimate of drug-likeness (QED) is 0.276. The Balaban J connectivity index is 1.63. The number of aliphatic imine (C=N–C) groups is 1. The van der Waals surface area contributed by atoms with E-state index >= 15 is 0 Å². The molecular weight excluding hydrogens is 443 g/mol. The molecule has 0 spiro atoms. The minimum atomic E-state index is -1.19. The van der Waals surface area contributed by atoms with Crippen LogP contribution in [0.5, 0.6) is 0 Å². The predicted octanol–water partition coefficient (Wildman–Crippen LogP) is 3.51. The Morgan fingerprint density at radius 2 is 1.69 bits per heavy atom. The van der Waals surface area contributed by atoms with E-state index < -0.39 is 29.8 Å². The van der Waals surface area contributed by atoms with Crippen molar-refractivity contribution in [2.75, 3.05) is 0 Å². The Bertz CT molecular complexity index is 659. The van der Waals surface area contributed by atoms with Crippen LogP contribution in [0.1, 0.15) is 65.7 Å². The predicted molar refractivity (Wildman–Crippen MR) is 120 cm³/mol. The van der Waals surface area contributed by atoms with E-state index in [4.69, 9.17) is 11.6 Å². The summed E-state index contributed by atoms with van der Waals surface area (Å²) in [5, 5.41) is 5.56. The topological polar surface area (TPSA) is 77.6 Å². The van der Waals surface area contributed by atoms with Gasteiger partial charge in [0.15, 0.2) is 5.96 Å². The van der Waals surface area contributed by atoms with Crippen molar-refractivity contribution in [1.82, 2.24) is 21.5 Å². The van der Waals surface area contributed by atoms with E-state index in [0.29, 0.717) is 44.0 Å². The molecule has 0 aromatic carbocycles. The molecule has 8 atom stereocenters. The van der Waals surface area contributed by atoms with Crippen LogP contribution in [0, 0.1) is 17.8 Å². The van der Waals surface area contributed by atoms with Gasteiger partial charge in [-0.15, -0.1) is 11.6 Å². The van der Waals surface area contributed by atoms with Gasteiger partial charge in [0, 0.05) is 30.8 Å². The first-order chi connectivity index (χ1) is 15.1. The largest absolute Gasteiger partial charge is 0.353 e. The third kappa shape index (κ3) is 6.97. The molecule has 1 amide bonds. The van der Waals surface area contributed by atoms with Gasteiger partial charge in [-0.3, -0.25) is 15.5 Å². The third-order valence-electron chi connectivity index (χ3n) is 7.06. The molecular formula is C22H37ClF3N5O. The Labute approximate surface area is 193 Å². The standard InChI is InChI=1S/C22H37ClF3N5O/c1-11(2)12(3)27-22(29-21(32)13-4-5-17(23)18(26)8-13)28-20-10-19(30-31-20)14-6-15(24)9-16(25)7-14/h11-20,30-31H,4-10H2,1-3H3,(H2,27,28,29,32). The van der Waals surface area contributed by atoms with Gasteiger partial charge in [0.2, 0.25) is 5.91 Å². The highest BCUT2D eigenvalue weighted by molar-refractivity contribution is 6.21. The number of rotatable bonds is 5. The van der Waals surface area contributed by atoms with Crippen LogP contribution < -0.4 is 21.5 Å². The van der Waals surface area contributed by atoms with Crippen LogP contribution in [-0.4, -0.2) is 54.0 Å². The summed E-state index contributed by atoms with van der Waals surface area (Å²) in [6.45, 7) is 6.11. The van der Waals surface area contributed by atoms with E-state index in [-0.39, 0.29) is 42.9 Å². The van der Waals surface area contributed by atoms with Crippen molar-refractivity contribution in [3.05, 3.63) is 0 Å². The molecule has 2 aliphatic carbocycles. The Morgan fingerprint density at radius 1 is 1.00 bits per heavy atom. The Kier molecular flexibility index (Phi) is 9.09. The number of nitrogens with zero attached hydrogens (tertiary/aromatic N) is 1. The number of halogens is 4. The second kappa shape index (κ2) is 11.4. The zero-order valence-corrected chi connectivity index (χ0v) is 19.8. The second-order valence-corrected chi connectivity index (χ2v) is 10.6. The lowest BCUT2D eigenvalue weighted by molar-refractivity contribution is -0.125. The molecule has 0 bridgehead atoms. The van der Waals surface area contributed by atoms with E-state index in [1.54, 1.807) is 0 Å². The number of guanidine groups is 1. The van der Waals surface area contributed by atoms with E-state index in [1.807, 2.05) is 6.92 Å². The van der Waals surface area contributed by atoms with Gasteiger partial charge < -0.3 is 5.32 Å². The lowest BCUT2D eigenvalue weighted by Gasteiger charge is -2.31. The number of nitrogens with one attached hydrogen (secondary N) is 4. The lowest BCUT2D eigenvalue weighted by atomic mass is 9.81. The molecule has 0 radical (unpaired) electrons. The van der Waals surface area contributed by atoms with Crippen molar-refractivity contribution in [3.8, 4) is 0 Å². The van der Waals surface area contributed by atoms with E-state index in [9.17, 15) is 18.0 Å². The van der Waals surface area contributed by atoms with Gasteiger partial charge in [-0.1, -0.05) is 13.8 Å². The van der Waals surface area contributed by atoms with Gasteiger partial charge >= 0.3 is 0 Å². The summed E-state index contributed by atoms with van der Waals surface area (Å²) in [5.74, 6) is -0.196. The molecule has 3 fully saturated rings. The number of hydrazine groups is 1. The molecule has 0 aromatic rings. The van der Waals surface area contributed by atoms with Crippen LogP contribution >= 0.6 is 11.6 Å². The molecule has 1 heterocycles. The summed E-state index contributed by atoms with van der Waals surface area (Å²) < 4.78 is 41.7. The number of hydrogen-bond donors (Lipinski definition) is 4. The molecule has 1 aliphatic heterocycles. The average Bonchev–Trinajstić information content (AvgIpc) is 3.17. The molecule has 4 N–H and O–H groups in total. The molecule has 32 heavy (non-hydrogen) atoms. The zero-order valence-electron chi connectivity index (χ0n) is 19.1. The van der Waals surface area contributed by atoms with E-state index in [1.165, 1.54) is 0 Å². The Hall–Kier alpha value is -1.06. The van der Waals surface area contributed by atoms with Crippen LogP contribution in [0.2, 0.25) is 0 Å². The van der Waals surface area contributed by atoms with Crippen LogP contribution in [0.3, 0.4) is 0 Å². The molecule has 2 saturated carbocycles. The molecule has 10 heteroatoms. The van der Waals surface area contributed by atoms with Crippen molar-refractivity contribution >= 4 is 23.5 Å². The number of amides is 1. The average molecular weight is 480 g/mol. The summed E-state index contributed by atoms with van der Waals surface area (Å²) in [6.07, 6.45) is -1.44.